The van der Waals surface area contributed by atoms with Crippen LogP contribution >= 0.6 is 11.6 Å². The molecule has 3 atom stereocenters. The lowest BCUT2D eigenvalue weighted by Gasteiger charge is -2.53. The lowest BCUT2D eigenvalue weighted by Crippen LogP contribution is -2.61. The van der Waals surface area contributed by atoms with Gasteiger partial charge >= 0.3 is 17.9 Å². The molecule has 1 aromatic carbocycles. The molecular formula is C20H24ClNO6. The van der Waals surface area contributed by atoms with Crippen molar-refractivity contribution in [3.8, 4) is 0 Å². The van der Waals surface area contributed by atoms with E-state index in [1.165, 1.54) is 4.90 Å². The van der Waals surface area contributed by atoms with Crippen molar-refractivity contribution in [3.63, 3.8) is 0 Å². The zero-order valence-corrected chi connectivity index (χ0v) is 16.9. The molecule has 1 aromatic rings. The molecule has 0 aromatic heterocycles. The molecule has 3 unspecified atom stereocenters. The standard InChI is InChI=1S/C20H24ClNO6/c1-5-22-11(4)20(10(2)3,19(27)28)15(12-8-6-7-9-13(12)21)14(17(23)24)16(22)18(25)26/h6-11,15H,5H2,1-4H3,(H,23,24)(H,25,26)(H,27,28). The molecule has 1 aliphatic rings. The van der Waals surface area contributed by atoms with Gasteiger partial charge in [0.15, 0.2) is 0 Å². The summed E-state index contributed by atoms with van der Waals surface area (Å²) in [5.41, 5.74) is -2.17. The smallest absolute Gasteiger partial charge is 0.352 e. The molecule has 1 aliphatic heterocycles. The minimum atomic E-state index is -1.60. The minimum Gasteiger partial charge on any atom is -0.481 e. The number of likely N-dealkylation sites (N-methyl/N-ethyl adjacent to an activating group) is 1. The lowest BCUT2D eigenvalue weighted by molar-refractivity contribution is -0.162. The van der Waals surface area contributed by atoms with E-state index in [1.54, 1.807) is 52.0 Å². The fourth-order valence-electron chi connectivity index (χ4n) is 4.60. The molecule has 0 radical (unpaired) electrons. The van der Waals surface area contributed by atoms with Crippen LogP contribution in [0.2, 0.25) is 5.02 Å². The summed E-state index contributed by atoms with van der Waals surface area (Å²) in [5.74, 6) is -5.83. The average Bonchev–Trinajstić information content (AvgIpc) is 2.60. The predicted molar refractivity (Wildman–Crippen MR) is 103 cm³/mol. The molecule has 1 heterocycles. The highest BCUT2D eigenvalue weighted by atomic mass is 35.5. The summed E-state index contributed by atoms with van der Waals surface area (Å²) >= 11 is 6.34. The summed E-state index contributed by atoms with van der Waals surface area (Å²) in [7, 11) is 0. The zero-order chi connectivity index (χ0) is 21.4. The van der Waals surface area contributed by atoms with Crippen molar-refractivity contribution < 1.29 is 29.7 Å². The molecule has 28 heavy (non-hydrogen) atoms. The van der Waals surface area contributed by atoms with Crippen molar-refractivity contribution in [1.82, 2.24) is 4.90 Å². The molecule has 0 saturated heterocycles. The molecule has 3 N–H and O–H groups in total. The molecular weight excluding hydrogens is 386 g/mol. The Balaban J connectivity index is 3.09. The van der Waals surface area contributed by atoms with Gasteiger partial charge in [-0.05, 0) is 31.4 Å². The molecule has 2 rings (SSSR count). The third-order valence-electron chi connectivity index (χ3n) is 5.78. The van der Waals surface area contributed by atoms with Crippen molar-refractivity contribution in [2.45, 2.75) is 39.7 Å². The summed E-state index contributed by atoms with van der Waals surface area (Å²) in [6, 6.07) is 5.59. The minimum absolute atomic E-state index is 0.149. The maximum Gasteiger partial charge on any atom is 0.352 e. The number of carbonyl (C=O) groups is 3. The van der Waals surface area contributed by atoms with E-state index in [1.807, 2.05) is 0 Å². The second-order valence-electron chi connectivity index (χ2n) is 7.18. The van der Waals surface area contributed by atoms with Crippen LogP contribution in [0.3, 0.4) is 0 Å². The maximum atomic E-state index is 12.7. The number of rotatable bonds is 6. The average molecular weight is 410 g/mol. The van der Waals surface area contributed by atoms with Gasteiger partial charge in [0.2, 0.25) is 0 Å². The van der Waals surface area contributed by atoms with Gasteiger partial charge in [-0.2, -0.15) is 0 Å². The highest BCUT2D eigenvalue weighted by molar-refractivity contribution is 6.31. The lowest BCUT2D eigenvalue weighted by atomic mass is 9.56. The Bertz CT molecular complexity index is 849. The number of hydrogen-bond donors (Lipinski definition) is 3. The van der Waals surface area contributed by atoms with Gasteiger partial charge in [-0.25, -0.2) is 9.59 Å². The van der Waals surface area contributed by atoms with Crippen LogP contribution in [0.15, 0.2) is 35.5 Å². The molecule has 8 heteroatoms. The van der Waals surface area contributed by atoms with Crippen LogP contribution in [-0.2, 0) is 14.4 Å². The zero-order valence-electron chi connectivity index (χ0n) is 16.1. The van der Waals surface area contributed by atoms with Crippen LogP contribution in [0.1, 0.15) is 39.2 Å². The van der Waals surface area contributed by atoms with Crippen molar-refractivity contribution in [2.24, 2.45) is 11.3 Å². The first kappa shape index (κ1) is 21.8. The molecule has 0 amide bonds. The maximum absolute atomic E-state index is 12.7. The Morgan fingerprint density at radius 1 is 1.14 bits per heavy atom. The summed E-state index contributed by atoms with van der Waals surface area (Å²) < 4.78 is 0. The van der Waals surface area contributed by atoms with E-state index < -0.39 is 52.5 Å². The van der Waals surface area contributed by atoms with Gasteiger partial charge < -0.3 is 20.2 Å². The van der Waals surface area contributed by atoms with Crippen LogP contribution in [0.4, 0.5) is 0 Å². The Labute approximate surface area is 168 Å². The van der Waals surface area contributed by atoms with Crippen LogP contribution in [0.25, 0.3) is 0 Å². The van der Waals surface area contributed by atoms with E-state index in [4.69, 9.17) is 11.6 Å². The first-order valence-electron chi connectivity index (χ1n) is 8.98. The number of hydrogen-bond acceptors (Lipinski definition) is 4. The van der Waals surface area contributed by atoms with E-state index in [2.05, 4.69) is 0 Å². The molecule has 0 bridgehead atoms. The fourth-order valence-corrected chi connectivity index (χ4v) is 4.85. The van der Waals surface area contributed by atoms with Crippen LogP contribution in [-0.4, -0.2) is 50.7 Å². The van der Waals surface area contributed by atoms with E-state index in [0.29, 0.717) is 5.56 Å². The molecule has 0 spiro atoms. The summed E-state index contributed by atoms with van der Waals surface area (Å²) in [5, 5.41) is 30.4. The van der Waals surface area contributed by atoms with Crippen molar-refractivity contribution in [2.75, 3.05) is 6.54 Å². The predicted octanol–water partition coefficient (Wildman–Crippen LogP) is 3.30. The Morgan fingerprint density at radius 3 is 2.11 bits per heavy atom. The Kier molecular flexibility index (Phi) is 6.09. The van der Waals surface area contributed by atoms with Gasteiger partial charge in [-0.3, -0.25) is 4.79 Å². The molecule has 7 nitrogen and oxygen atoms in total. The van der Waals surface area contributed by atoms with E-state index in [0.717, 1.165) is 0 Å². The summed E-state index contributed by atoms with van der Waals surface area (Å²) in [4.78, 5) is 38.4. The molecule has 0 aliphatic carbocycles. The number of carboxylic acid groups (broad SMARTS) is 3. The number of nitrogens with zero attached hydrogens (tertiary/aromatic N) is 1. The summed E-state index contributed by atoms with van der Waals surface area (Å²) in [6.45, 7) is 6.85. The topological polar surface area (TPSA) is 115 Å². The molecule has 152 valence electrons. The van der Waals surface area contributed by atoms with Crippen molar-refractivity contribution in [3.05, 3.63) is 46.1 Å². The van der Waals surface area contributed by atoms with E-state index in [-0.39, 0.29) is 11.6 Å². The number of halogens is 1. The van der Waals surface area contributed by atoms with Crippen LogP contribution in [0.5, 0.6) is 0 Å². The number of benzene rings is 1. The van der Waals surface area contributed by atoms with Gasteiger partial charge in [0, 0.05) is 23.5 Å². The Hall–Kier alpha value is -2.54. The van der Waals surface area contributed by atoms with Gasteiger partial charge in [0.1, 0.15) is 11.1 Å². The van der Waals surface area contributed by atoms with Gasteiger partial charge in [-0.15, -0.1) is 0 Å². The first-order valence-corrected chi connectivity index (χ1v) is 9.36. The normalized spacial score (nSPS) is 25.1. The van der Waals surface area contributed by atoms with Crippen molar-refractivity contribution in [1.29, 1.82) is 0 Å². The quantitative estimate of drug-likeness (QED) is 0.660. The largest absolute Gasteiger partial charge is 0.481 e. The molecule has 0 saturated carbocycles. The highest BCUT2D eigenvalue weighted by Crippen LogP contribution is 2.56. The highest BCUT2D eigenvalue weighted by Gasteiger charge is 2.61. The van der Waals surface area contributed by atoms with Gasteiger partial charge in [0.05, 0.1) is 5.57 Å². The first-order chi connectivity index (χ1) is 13.0. The number of aliphatic carboxylic acids is 3. The van der Waals surface area contributed by atoms with Gasteiger partial charge in [0.25, 0.3) is 0 Å². The van der Waals surface area contributed by atoms with Crippen molar-refractivity contribution >= 4 is 29.5 Å². The molecule has 0 fully saturated rings. The third kappa shape index (κ3) is 3.03. The fraction of sp³-hybridized carbons (Fsp3) is 0.450. The summed E-state index contributed by atoms with van der Waals surface area (Å²) in [6.07, 6.45) is 0. The number of carboxylic acids is 3. The second-order valence-corrected chi connectivity index (χ2v) is 7.59. The van der Waals surface area contributed by atoms with E-state index >= 15 is 0 Å². The SMILES string of the molecule is CCN1C(C(=O)O)=C(C(=O)O)C(c2ccccc2Cl)C(C(=O)O)(C(C)C)C1C. The monoisotopic (exact) mass is 409 g/mol. The second kappa shape index (κ2) is 7.83. The third-order valence-corrected chi connectivity index (χ3v) is 6.13. The van der Waals surface area contributed by atoms with Crippen LogP contribution < -0.4 is 0 Å². The van der Waals surface area contributed by atoms with Gasteiger partial charge in [-0.1, -0.05) is 43.6 Å². The van der Waals surface area contributed by atoms with E-state index in [9.17, 15) is 29.7 Å². The Morgan fingerprint density at radius 2 is 1.71 bits per heavy atom. The van der Waals surface area contributed by atoms with Crippen LogP contribution in [0, 0.1) is 11.3 Å².